The van der Waals surface area contributed by atoms with Crippen molar-refractivity contribution in [2.45, 2.75) is 30.8 Å². The highest BCUT2D eigenvalue weighted by molar-refractivity contribution is 7.86. The largest absolute Gasteiger partial charge is 0.457 e. The van der Waals surface area contributed by atoms with Crippen LogP contribution >= 0.6 is 0 Å². The maximum atomic E-state index is 13.3. The minimum Gasteiger partial charge on any atom is -0.457 e. The summed E-state index contributed by atoms with van der Waals surface area (Å²) in [4.78, 5) is -0.00300. The molecule has 2 aliphatic rings. The molecule has 0 N–H and O–H groups in total. The van der Waals surface area contributed by atoms with Crippen molar-refractivity contribution in [3.8, 4) is 11.5 Å². The molecule has 0 radical (unpaired) electrons. The molecule has 0 atom stereocenters. The van der Waals surface area contributed by atoms with Gasteiger partial charge in [-0.1, -0.05) is 35.9 Å². The Morgan fingerprint density at radius 3 is 2.28 bits per heavy atom. The van der Waals surface area contributed by atoms with Crippen LogP contribution in [0.4, 0.5) is 13.2 Å². The van der Waals surface area contributed by atoms with Gasteiger partial charge in [-0.05, 0) is 37.3 Å². The maximum Gasteiger partial charge on any atom is 0.413 e. The van der Waals surface area contributed by atoms with Gasteiger partial charge in [0.2, 0.25) is 0 Å². The lowest BCUT2D eigenvalue weighted by Crippen LogP contribution is -2.18. The summed E-state index contributed by atoms with van der Waals surface area (Å²) in [5, 5.41) is 0. The lowest BCUT2D eigenvalue weighted by molar-refractivity contribution is -0.0933. The van der Waals surface area contributed by atoms with Crippen LogP contribution in [0.2, 0.25) is 0 Å². The summed E-state index contributed by atoms with van der Waals surface area (Å²) < 4.78 is 81.6. The summed E-state index contributed by atoms with van der Waals surface area (Å²) in [6.07, 6.45) is -2.81. The van der Waals surface area contributed by atoms with E-state index < -0.39 is 28.3 Å². The van der Waals surface area contributed by atoms with E-state index in [-0.39, 0.29) is 35.0 Å². The third-order valence-electron chi connectivity index (χ3n) is 4.98. The van der Waals surface area contributed by atoms with Crippen LogP contribution in [0.5, 0.6) is 11.5 Å². The van der Waals surface area contributed by atoms with Gasteiger partial charge in [-0.3, -0.25) is 4.18 Å². The summed E-state index contributed by atoms with van der Waals surface area (Å²) in [6.45, 7) is 1.52. The van der Waals surface area contributed by atoms with Gasteiger partial charge in [0.05, 0.1) is 11.5 Å². The van der Waals surface area contributed by atoms with E-state index in [4.69, 9.17) is 13.7 Å². The number of rotatable bonds is 5. The van der Waals surface area contributed by atoms with Gasteiger partial charge in [-0.2, -0.15) is 21.6 Å². The Kier molecular flexibility index (Phi) is 5.87. The van der Waals surface area contributed by atoms with E-state index in [0.717, 1.165) is 11.6 Å². The molecule has 4 rings (SSSR count). The van der Waals surface area contributed by atoms with Crippen LogP contribution in [0, 0.1) is 6.92 Å². The van der Waals surface area contributed by atoms with E-state index in [2.05, 4.69) is 0 Å². The molecular weight excluding hydrogens is 445 g/mol. The molecule has 2 aromatic rings. The Balaban J connectivity index is 1.60. The fourth-order valence-electron chi connectivity index (χ4n) is 3.29. The molecule has 0 bridgehead atoms. The van der Waals surface area contributed by atoms with E-state index in [1.54, 1.807) is 36.4 Å². The summed E-state index contributed by atoms with van der Waals surface area (Å²) in [7, 11) is -4.03. The van der Waals surface area contributed by atoms with Crippen LogP contribution in [-0.4, -0.2) is 21.2 Å². The molecule has 0 saturated carbocycles. The molecule has 0 unspecified atom stereocenters. The van der Waals surface area contributed by atoms with Crippen LogP contribution in [0.15, 0.2) is 88.2 Å². The number of hydrogen-bond donors (Lipinski definition) is 0. The van der Waals surface area contributed by atoms with Gasteiger partial charge >= 0.3 is 6.18 Å². The number of benzene rings is 2. The molecule has 9 heteroatoms. The molecule has 2 aromatic carbocycles. The average molecular weight is 464 g/mol. The van der Waals surface area contributed by atoms with Crippen molar-refractivity contribution < 1.29 is 35.2 Å². The Morgan fingerprint density at radius 1 is 0.969 bits per heavy atom. The van der Waals surface area contributed by atoms with Crippen molar-refractivity contribution in [1.29, 1.82) is 0 Å². The van der Waals surface area contributed by atoms with E-state index in [9.17, 15) is 21.6 Å². The second-order valence-corrected chi connectivity index (χ2v) is 8.90. The first kappa shape index (κ1) is 22.2. The number of ether oxygens (including phenoxy) is 2. The lowest BCUT2D eigenvalue weighted by Gasteiger charge is -2.20. The molecule has 1 heterocycles. The first-order valence-corrected chi connectivity index (χ1v) is 11.2. The molecule has 1 aliphatic heterocycles. The van der Waals surface area contributed by atoms with Crippen molar-refractivity contribution in [3.63, 3.8) is 0 Å². The molecule has 1 aliphatic carbocycles. The first-order chi connectivity index (χ1) is 15.1. The Hall–Kier alpha value is -3.04. The summed E-state index contributed by atoms with van der Waals surface area (Å²) in [5.74, 6) is 1.05. The smallest absolute Gasteiger partial charge is 0.413 e. The number of para-hydroxylation sites is 2. The maximum absolute atomic E-state index is 13.3. The number of allylic oxidation sites excluding steroid dienone is 4. The minimum atomic E-state index is -4.51. The molecule has 32 heavy (non-hydrogen) atoms. The second kappa shape index (κ2) is 8.48. The Bertz CT molecular complexity index is 1220. The zero-order valence-corrected chi connectivity index (χ0v) is 17.8. The number of alkyl halides is 3. The molecule has 0 spiro atoms. The van der Waals surface area contributed by atoms with Gasteiger partial charge in [0, 0.05) is 24.0 Å². The molecule has 5 nitrogen and oxygen atoms in total. The topological polar surface area (TPSA) is 61.8 Å². The summed E-state index contributed by atoms with van der Waals surface area (Å²) >= 11 is 0. The molecule has 168 valence electrons. The lowest BCUT2D eigenvalue weighted by atomic mass is 9.96. The number of hydrogen-bond acceptors (Lipinski definition) is 5. The average Bonchev–Trinajstić information content (AvgIpc) is 2.89. The fraction of sp³-hybridized carbons (Fsp3) is 0.217. The fourth-order valence-corrected chi connectivity index (χ4v) is 4.20. The monoisotopic (exact) mass is 464 g/mol. The van der Waals surface area contributed by atoms with Crippen LogP contribution in [0.1, 0.15) is 18.4 Å². The SMILES string of the molecule is Cc1ccc(S(=O)(=O)OCCC2=C3CC(C(F)(F)F)=CC=C3Oc3ccccc3O2)cc1. The predicted molar refractivity (Wildman–Crippen MR) is 110 cm³/mol. The van der Waals surface area contributed by atoms with Crippen LogP contribution < -0.4 is 9.47 Å². The van der Waals surface area contributed by atoms with Gasteiger partial charge in [-0.15, -0.1) is 0 Å². The summed E-state index contributed by atoms with van der Waals surface area (Å²) in [6, 6.07) is 12.8. The van der Waals surface area contributed by atoms with Gasteiger partial charge in [0.1, 0.15) is 11.5 Å². The van der Waals surface area contributed by atoms with E-state index in [1.165, 1.54) is 18.2 Å². The normalized spacial score (nSPS) is 16.1. The highest BCUT2D eigenvalue weighted by Gasteiger charge is 2.37. The predicted octanol–water partition coefficient (Wildman–Crippen LogP) is 5.59. The second-order valence-electron chi connectivity index (χ2n) is 7.29. The first-order valence-electron chi connectivity index (χ1n) is 9.75. The quantitative estimate of drug-likeness (QED) is 0.540. The van der Waals surface area contributed by atoms with Crippen molar-refractivity contribution in [1.82, 2.24) is 0 Å². The number of fused-ring (bicyclic) bond motifs is 2. The van der Waals surface area contributed by atoms with Gasteiger partial charge < -0.3 is 9.47 Å². The Labute approximate surface area is 183 Å². The van der Waals surface area contributed by atoms with Crippen molar-refractivity contribution in [2.24, 2.45) is 0 Å². The summed E-state index contributed by atoms with van der Waals surface area (Å²) in [5.41, 5.74) is 0.346. The van der Waals surface area contributed by atoms with E-state index in [1.807, 2.05) is 6.92 Å². The zero-order valence-electron chi connectivity index (χ0n) is 17.0. The molecule has 0 amide bonds. The Morgan fingerprint density at radius 2 is 1.62 bits per heavy atom. The van der Waals surface area contributed by atoms with Gasteiger partial charge in [-0.25, -0.2) is 0 Å². The van der Waals surface area contributed by atoms with E-state index >= 15 is 0 Å². The van der Waals surface area contributed by atoms with Crippen molar-refractivity contribution in [2.75, 3.05) is 6.61 Å². The third-order valence-corrected chi connectivity index (χ3v) is 6.31. The van der Waals surface area contributed by atoms with E-state index in [0.29, 0.717) is 11.5 Å². The molecule has 0 saturated heterocycles. The zero-order chi connectivity index (χ0) is 22.9. The third kappa shape index (κ3) is 4.73. The van der Waals surface area contributed by atoms with Crippen molar-refractivity contribution >= 4 is 10.1 Å². The van der Waals surface area contributed by atoms with Crippen LogP contribution in [-0.2, 0) is 14.3 Å². The highest BCUT2D eigenvalue weighted by Crippen LogP contribution is 2.42. The van der Waals surface area contributed by atoms with Gasteiger partial charge in [0.15, 0.2) is 11.5 Å². The van der Waals surface area contributed by atoms with Crippen molar-refractivity contribution in [3.05, 3.63) is 88.9 Å². The standard InChI is InChI=1S/C23H19F3O5S/c1-15-6-9-17(10-7-15)32(27,28)29-13-12-20-18-14-16(23(24,25)26)8-11-19(18)30-21-4-2-3-5-22(21)31-20/h2-11H,12-14H2,1H3. The van der Waals surface area contributed by atoms with Crippen LogP contribution in [0.25, 0.3) is 0 Å². The minimum absolute atomic E-state index is 0.00300. The molecule has 0 fully saturated rings. The highest BCUT2D eigenvalue weighted by atomic mass is 32.2. The van der Waals surface area contributed by atoms with Crippen LogP contribution in [0.3, 0.4) is 0 Å². The number of aryl methyl sites for hydroxylation is 1. The number of halogens is 3. The molecular formula is C23H19F3O5S. The molecule has 0 aromatic heterocycles. The van der Waals surface area contributed by atoms with Gasteiger partial charge in [0.25, 0.3) is 10.1 Å².